The third-order valence-electron chi connectivity index (χ3n) is 3.64. The van der Waals surface area contributed by atoms with E-state index in [1.165, 1.54) is 4.90 Å². The number of carbonyl (C=O) groups is 1. The topological polar surface area (TPSA) is 60.8 Å². The maximum Gasteiger partial charge on any atom is 0.407 e. The Labute approximate surface area is 90.9 Å². The highest BCUT2D eigenvalue weighted by atomic mass is 16.4. The van der Waals surface area contributed by atoms with Crippen LogP contribution in [0.25, 0.3) is 0 Å². The Balaban J connectivity index is 3.04. The maximum absolute atomic E-state index is 11.2. The van der Waals surface area contributed by atoms with Gasteiger partial charge in [-0.3, -0.25) is 0 Å². The van der Waals surface area contributed by atoms with Crippen molar-refractivity contribution < 1.29 is 15.0 Å². The Morgan fingerprint density at radius 3 is 2.47 bits per heavy atom. The van der Waals surface area contributed by atoms with E-state index in [0.717, 1.165) is 12.8 Å². The minimum Gasteiger partial charge on any atom is -0.465 e. The second kappa shape index (κ2) is 4.00. The lowest BCUT2D eigenvalue weighted by Gasteiger charge is -2.47. The molecule has 1 amide bonds. The van der Waals surface area contributed by atoms with Crippen molar-refractivity contribution in [3.05, 3.63) is 0 Å². The average Bonchev–Trinajstić information content (AvgIpc) is 2.48. The van der Waals surface area contributed by atoms with Crippen LogP contribution in [0.15, 0.2) is 0 Å². The number of hydrogen-bond acceptors (Lipinski definition) is 2. The van der Waals surface area contributed by atoms with Crippen LogP contribution in [-0.4, -0.2) is 39.9 Å². The van der Waals surface area contributed by atoms with Crippen LogP contribution in [0, 0.1) is 5.41 Å². The molecule has 0 aromatic carbocycles. The monoisotopic (exact) mass is 215 g/mol. The van der Waals surface area contributed by atoms with E-state index in [2.05, 4.69) is 0 Å². The Morgan fingerprint density at radius 2 is 2.07 bits per heavy atom. The second-order valence-corrected chi connectivity index (χ2v) is 5.29. The summed E-state index contributed by atoms with van der Waals surface area (Å²) in [7, 11) is 0. The SMILES string of the molecule is CC(C)(C)[C@]1(CCO)CCCN1C(=O)O. The van der Waals surface area contributed by atoms with Gasteiger partial charge in [0.1, 0.15) is 0 Å². The summed E-state index contributed by atoms with van der Waals surface area (Å²) in [5.41, 5.74) is -0.530. The molecule has 1 aliphatic heterocycles. The van der Waals surface area contributed by atoms with Gasteiger partial charge in [0.15, 0.2) is 0 Å². The molecule has 0 saturated carbocycles. The van der Waals surface area contributed by atoms with Gasteiger partial charge in [-0.1, -0.05) is 20.8 Å². The first-order valence-corrected chi connectivity index (χ1v) is 5.46. The van der Waals surface area contributed by atoms with Gasteiger partial charge in [0, 0.05) is 13.2 Å². The maximum atomic E-state index is 11.2. The van der Waals surface area contributed by atoms with Crippen molar-refractivity contribution in [1.82, 2.24) is 4.90 Å². The zero-order chi connectivity index (χ0) is 11.7. The summed E-state index contributed by atoms with van der Waals surface area (Å²) < 4.78 is 0. The van der Waals surface area contributed by atoms with E-state index in [9.17, 15) is 9.90 Å². The van der Waals surface area contributed by atoms with E-state index in [0.29, 0.717) is 13.0 Å². The number of nitrogens with zero attached hydrogens (tertiary/aromatic N) is 1. The molecule has 0 spiro atoms. The summed E-state index contributed by atoms with van der Waals surface area (Å²) in [6, 6.07) is 0. The van der Waals surface area contributed by atoms with Gasteiger partial charge >= 0.3 is 6.09 Å². The molecule has 1 rings (SSSR count). The average molecular weight is 215 g/mol. The van der Waals surface area contributed by atoms with Crippen molar-refractivity contribution in [2.24, 2.45) is 5.41 Å². The van der Waals surface area contributed by atoms with Gasteiger partial charge in [0.2, 0.25) is 0 Å². The van der Waals surface area contributed by atoms with Gasteiger partial charge in [-0.05, 0) is 24.7 Å². The Bertz CT molecular complexity index is 247. The van der Waals surface area contributed by atoms with Crippen molar-refractivity contribution in [2.45, 2.75) is 45.6 Å². The molecule has 1 fully saturated rings. The van der Waals surface area contributed by atoms with E-state index in [1.807, 2.05) is 20.8 Å². The molecule has 0 unspecified atom stereocenters. The van der Waals surface area contributed by atoms with Crippen LogP contribution in [0.4, 0.5) is 4.79 Å². The first-order chi connectivity index (χ1) is 6.85. The largest absolute Gasteiger partial charge is 0.465 e. The van der Waals surface area contributed by atoms with Crippen LogP contribution in [0.1, 0.15) is 40.0 Å². The van der Waals surface area contributed by atoms with E-state index in [4.69, 9.17) is 5.11 Å². The zero-order valence-corrected chi connectivity index (χ0v) is 9.79. The molecule has 15 heavy (non-hydrogen) atoms. The number of carboxylic acid groups (broad SMARTS) is 1. The van der Waals surface area contributed by atoms with Crippen LogP contribution in [-0.2, 0) is 0 Å². The fourth-order valence-electron chi connectivity index (χ4n) is 2.76. The molecular weight excluding hydrogens is 194 g/mol. The molecule has 4 heteroatoms. The number of aliphatic hydroxyl groups is 1. The predicted molar refractivity (Wildman–Crippen MR) is 57.9 cm³/mol. The molecule has 0 aromatic rings. The molecule has 4 nitrogen and oxygen atoms in total. The first-order valence-electron chi connectivity index (χ1n) is 5.46. The lowest BCUT2D eigenvalue weighted by atomic mass is 9.70. The number of rotatable bonds is 2. The molecule has 1 heterocycles. The lowest BCUT2D eigenvalue weighted by Crippen LogP contribution is -2.55. The highest BCUT2D eigenvalue weighted by Crippen LogP contribution is 2.45. The first kappa shape index (κ1) is 12.3. The molecule has 0 aliphatic carbocycles. The summed E-state index contributed by atoms with van der Waals surface area (Å²) in [5.74, 6) is 0. The Kier molecular flexibility index (Phi) is 3.28. The molecule has 0 bridgehead atoms. The van der Waals surface area contributed by atoms with E-state index in [-0.39, 0.29) is 12.0 Å². The van der Waals surface area contributed by atoms with Crippen LogP contribution in [0.5, 0.6) is 0 Å². The van der Waals surface area contributed by atoms with E-state index < -0.39 is 11.6 Å². The molecule has 0 aromatic heterocycles. The van der Waals surface area contributed by atoms with Crippen molar-refractivity contribution in [3.8, 4) is 0 Å². The van der Waals surface area contributed by atoms with Crippen molar-refractivity contribution in [1.29, 1.82) is 0 Å². The van der Waals surface area contributed by atoms with Gasteiger partial charge in [0.25, 0.3) is 0 Å². The summed E-state index contributed by atoms with van der Waals surface area (Å²) in [4.78, 5) is 12.7. The quantitative estimate of drug-likeness (QED) is 0.740. The van der Waals surface area contributed by atoms with E-state index in [1.54, 1.807) is 0 Å². The molecular formula is C11H21NO3. The minimum absolute atomic E-state index is 0.0427. The number of amides is 1. The third kappa shape index (κ3) is 1.95. The summed E-state index contributed by atoms with van der Waals surface area (Å²) in [6.45, 7) is 6.77. The van der Waals surface area contributed by atoms with Crippen molar-refractivity contribution in [2.75, 3.05) is 13.2 Å². The number of likely N-dealkylation sites (tertiary alicyclic amines) is 1. The summed E-state index contributed by atoms with van der Waals surface area (Å²) in [5, 5.41) is 18.3. The molecule has 1 atom stereocenters. The fourth-order valence-corrected chi connectivity index (χ4v) is 2.76. The highest BCUT2D eigenvalue weighted by Gasteiger charge is 2.51. The van der Waals surface area contributed by atoms with Gasteiger partial charge in [-0.15, -0.1) is 0 Å². The van der Waals surface area contributed by atoms with Crippen LogP contribution < -0.4 is 0 Å². The molecule has 0 radical (unpaired) electrons. The number of aliphatic hydroxyl groups excluding tert-OH is 1. The van der Waals surface area contributed by atoms with Gasteiger partial charge in [-0.2, -0.15) is 0 Å². The van der Waals surface area contributed by atoms with Crippen LogP contribution in [0.2, 0.25) is 0 Å². The van der Waals surface area contributed by atoms with Crippen LogP contribution in [0.3, 0.4) is 0 Å². The zero-order valence-electron chi connectivity index (χ0n) is 9.79. The molecule has 1 aliphatic rings. The normalized spacial score (nSPS) is 27.1. The molecule has 1 saturated heterocycles. The lowest BCUT2D eigenvalue weighted by molar-refractivity contribution is 0.0127. The molecule has 2 N–H and O–H groups in total. The van der Waals surface area contributed by atoms with Gasteiger partial charge in [0.05, 0.1) is 5.54 Å². The molecule has 88 valence electrons. The van der Waals surface area contributed by atoms with Crippen LogP contribution >= 0.6 is 0 Å². The van der Waals surface area contributed by atoms with Gasteiger partial charge in [-0.25, -0.2) is 4.79 Å². The van der Waals surface area contributed by atoms with Crippen molar-refractivity contribution >= 4 is 6.09 Å². The smallest absolute Gasteiger partial charge is 0.407 e. The number of hydrogen-bond donors (Lipinski definition) is 2. The fraction of sp³-hybridized carbons (Fsp3) is 0.909. The summed E-state index contributed by atoms with van der Waals surface area (Å²) in [6.07, 6.45) is 1.41. The standard InChI is InChI=1S/C11H21NO3/c1-10(2,3)11(6-8-13)5-4-7-12(11)9(14)15/h13H,4-8H2,1-3H3,(H,14,15)/t11-/m1/s1. The van der Waals surface area contributed by atoms with Crippen molar-refractivity contribution in [3.63, 3.8) is 0 Å². The van der Waals surface area contributed by atoms with E-state index >= 15 is 0 Å². The third-order valence-corrected chi connectivity index (χ3v) is 3.64. The highest BCUT2D eigenvalue weighted by molar-refractivity contribution is 5.67. The minimum atomic E-state index is -0.865. The predicted octanol–water partition coefficient (Wildman–Crippen LogP) is 1.93. The summed E-state index contributed by atoms with van der Waals surface area (Å²) >= 11 is 0. The Morgan fingerprint density at radius 1 is 1.47 bits per heavy atom. The van der Waals surface area contributed by atoms with Gasteiger partial charge < -0.3 is 15.1 Å². The second-order valence-electron chi connectivity index (χ2n) is 5.29. The Hall–Kier alpha value is -0.770.